The summed E-state index contributed by atoms with van der Waals surface area (Å²) in [5.41, 5.74) is 2.10. The van der Waals surface area contributed by atoms with Gasteiger partial charge in [-0.15, -0.1) is 11.3 Å². The first-order chi connectivity index (χ1) is 12.0. The van der Waals surface area contributed by atoms with Gasteiger partial charge in [-0.25, -0.2) is 4.98 Å². The van der Waals surface area contributed by atoms with Crippen LogP contribution in [0.3, 0.4) is 0 Å². The maximum Gasteiger partial charge on any atom is 0.230 e. The third kappa shape index (κ3) is 5.09. The summed E-state index contributed by atoms with van der Waals surface area (Å²) in [6.07, 6.45) is 0.161. The topological polar surface area (TPSA) is 54.0 Å². The Labute approximate surface area is 163 Å². The lowest BCUT2D eigenvalue weighted by atomic mass is 10.3. The second-order valence-corrected chi connectivity index (χ2v) is 7.24. The Morgan fingerprint density at radius 2 is 1.88 bits per heavy atom. The molecule has 0 unspecified atom stereocenters. The molecule has 0 spiro atoms. The molecule has 0 saturated heterocycles. The number of aromatic nitrogens is 1. The Morgan fingerprint density at radius 3 is 2.64 bits per heavy atom. The van der Waals surface area contributed by atoms with Gasteiger partial charge in [0.05, 0.1) is 22.2 Å². The first-order valence-electron chi connectivity index (χ1n) is 7.21. The number of amides is 1. The number of nitrogens with zero attached hydrogens (tertiary/aromatic N) is 1. The predicted molar refractivity (Wildman–Crippen MR) is 106 cm³/mol. The van der Waals surface area contributed by atoms with Crippen LogP contribution in [-0.2, 0) is 11.2 Å². The van der Waals surface area contributed by atoms with E-state index in [1.54, 1.807) is 30.3 Å². The highest BCUT2D eigenvalue weighted by molar-refractivity contribution is 7.13. The molecule has 0 radical (unpaired) electrons. The van der Waals surface area contributed by atoms with Gasteiger partial charge >= 0.3 is 0 Å². The lowest BCUT2D eigenvalue weighted by molar-refractivity contribution is -0.115. The average Bonchev–Trinajstić information content (AvgIpc) is 2.98. The molecule has 0 fully saturated rings. The van der Waals surface area contributed by atoms with Gasteiger partial charge in [-0.2, -0.15) is 0 Å². The summed E-state index contributed by atoms with van der Waals surface area (Å²) in [6, 6.07) is 12.3. The van der Waals surface area contributed by atoms with Gasteiger partial charge in [-0.1, -0.05) is 40.9 Å². The van der Waals surface area contributed by atoms with Crippen LogP contribution in [0.5, 0.6) is 0 Å². The molecular weight excluding hydrogens is 401 g/mol. The largest absolute Gasteiger partial charge is 0.331 e. The maximum absolute atomic E-state index is 12.1. The van der Waals surface area contributed by atoms with Crippen molar-refractivity contribution in [2.24, 2.45) is 0 Å². The number of halogens is 3. The van der Waals surface area contributed by atoms with Crippen LogP contribution < -0.4 is 10.6 Å². The number of benzene rings is 2. The number of carbonyl (C=O) groups excluding carboxylic acids is 1. The number of nitrogens with one attached hydrogen (secondary N) is 2. The molecule has 4 nitrogen and oxygen atoms in total. The van der Waals surface area contributed by atoms with Gasteiger partial charge in [0, 0.05) is 21.8 Å². The molecule has 0 aliphatic rings. The van der Waals surface area contributed by atoms with E-state index in [2.05, 4.69) is 15.6 Å². The van der Waals surface area contributed by atoms with Crippen LogP contribution in [0.25, 0.3) is 0 Å². The first kappa shape index (κ1) is 18.0. The van der Waals surface area contributed by atoms with Gasteiger partial charge in [-0.3, -0.25) is 4.79 Å². The van der Waals surface area contributed by atoms with Crippen molar-refractivity contribution in [2.75, 3.05) is 10.6 Å². The molecule has 1 amide bonds. The van der Waals surface area contributed by atoms with Crippen molar-refractivity contribution in [1.29, 1.82) is 0 Å². The van der Waals surface area contributed by atoms with E-state index in [1.807, 2.05) is 17.5 Å². The van der Waals surface area contributed by atoms with Gasteiger partial charge in [0.1, 0.15) is 0 Å². The lowest BCUT2D eigenvalue weighted by Gasteiger charge is -2.05. The summed E-state index contributed by atoms with van der Waals surface area (Å²) < 4.78 is 0. The van der Waals surface area contributed by atoms with Crippen molar-refractivity contribution in [1.82, 2.24) is 4.98 Å². The summed E-state index contributed by atoms with van der Waals surface area (Å²) in [7, 11) is 0. The van der Waals surface area contributed by atoms with Crippen LogP contribution in [0.4, 0.5) is 16.5 Å². The Bertz CT molecular complexity index is 914. The minimum atomic E-state index is -0.182. The Hall–Kier alpha value is -1.79. The van der Waals surface area contributed by atoms with Crippen LogP contribution in [-0.4, -0.2) is 10.9 Å². The molecule has 0 aliphatic carbocycles. The lowest BCUT2D eigenvalue weighted by Crippen LogP contribution is -2.14. The first-order valence-corrected chi connectivity index (χ1v) is 9.23. The molecule has 2 N–H and O–H groups in total. The standard InChI is InChI=1S/C17H12Cl3N3OS/c18-10-2-1-3-11(6-10)22-17-23-13(9-25-17)8-16(24)21-12-4-5-14(19)15(20)7-12/h1-7,9H,8H2,(H,21,24)(H,22,23). The van der Waals surface area contributed by atoms with E-state index in [9.17, 15) is 4.79 Å². The molecule has 8 heteroatoms. The fourth-order valence-electron chi connectivity index (χ4n) is 2.08. The van der Waals surface area contributed by atoms with E-state index < -0.39 is 0 Å². The fourth-order valence-corrected chi connectivity index (χ4v) is 3.30. The van der Waals surface area contributed by atoms with Crippen molar-refractivity contribution >= 4 is 68.6 Å². The van der Waals surface area contributed by atoms with Crippen LogP contribution in [0.1, 0.15) is 5.69 Å². The molecule has 1 aromatic heterocycles. The van der Waals surface area contributed by atoms with Gasteiger partial charge < -0.3 is 10.6 Å². The zero-order valence-corrected chi connectivity index (χ0v) is 15.8. The van der Waals surface area contributed by atoms with Gasteiger partial charge in [0.2, 0.25) is 5.91 Å². The summed E-state index contributed by atoms with van der Waals surface area (Å²) in [4.78, 5) is 16.5. The van der Waals surface area contributed by atoms with Gasteiger partial charge in [-0.05, 0) is 36.4 Å². The fraction of sp³-hybridized carbons (Fsp3) is 0.0588. The zero-order valence-electron chi connectivity index (χ0n) is 12.7. The summed E-state index contributed by atoms with van der Waals surface area (Å²) in [5.74, 6) is -0.182. The maximum atomic E-state index is 12.1. The normalized spacial score (nSPS) is 10.5. The Morgan fingerprint density at radius 1 is 1.04 bits per heavy atom. The third-order valence-electron chi connectivity index (χ3n) is 3.17. The SMILES string of the molecule is O=C(Cc1csc(Nc2cccc(Cl)c2)n1)Nc1ccc(Cl)c(Cl)c1. The van der Waals surface area contributed by atoms with E-state index in [4.69, 9.17) is 34.8 Å². The highest BCUT2D eigenvalue weighted by Gasteiger charge is 2.09. The number of thiazole rings is 1. The summed E-state index contributed by atoms with van der Waals surface area (Å²) >= 11 is 19.2. The Kier molecular flexibility index (Phi) is 5.81. The molecule has 1 heterocycles. The van der Waals surface area contributed by atoms with Crippen molar-refractivity contribution in [2.45, 2.75) is 6.42 Å². The number of anilines is 3. The predicted octanol–water partition coefficient (Wildman–Crippen LogP) is 6.03. The monoisotopic (exact) mass is 411 g/mol. The molecule has 0 atom stereocenters. The van der Waals surface area contributed by atoms with Crippen molar-refractivity contribution < 1.29 is 4.79 Å². The van der Waals surface area contributed by atoms with Crippen molar-refractivity contribution in [3.8, 4) is 0 Å². The van der Waals surface area contributed by atoms with Crippen LogP contribution in [0.15, 0.2) is 47.8 Å². The number of rotatable bonds is 5. The molecule has 0 bridgehead atoms. The van der Waals surface area contributed by atoms with Crippen LogP contribution in [0.2, 0.25) is 15.1 Å². The molecule has 128 valence electrons. The zero-order chi connectivity index (χ0) is 17.8. The van der Waals surface area contributed by atoms with Crippen LogP contribution in [0, 0.1) is 0 Å². The van der Waals surface area contributed by atoms with E-state index in [-0.39, 0.29) is 12.3 Å². The van der Waals surface area contributed by atoms with E-state index in [1.165, 1.54) is 11.3 Å². The van der Waals surface area contributed by atoms with E-state index in [0.717, 1.165) is 5.69 Å². The molecular formula is C17H12Cl3N3OS. The molecule has 3 rings (SSSR count). The minimum Gasteiger partial charge on any atom is -0.331 e. The second kappa shape index (κ2) is 8.06. The minimum absolute atomic E-state index is 0.161. The van der Waals surface area contributed by atoms with Gasteiger partial charge in [0.15, 0.2) is 5.13 Å². The summed E-state index contributed by atoms with van der Waals surface area (Å²) in [6.45, 7) is 0. The molecule has 0 saturated carbocycles. The van der Waals surface area contributed by atoms with Crippen LogP contribution >= 0.6 is 46.1 Å². The number of hydrogen-bond donors (Lipinski definition) is 2. The molecule has 3 aromatic rings. The quantitative estimate of drug-likeness (QED) is 0.538. The number of carbonyl (C=O) groups is 1. The highest BCUT2D eigenvalue weighted by Crippen LogP contribution is 2.26. The van der Waals surface area contributed by atoms with Crippen molar-refractivity contribution in [3.63, 3.8) is 0 Å². The molecule has 0 aliphatic heterocycles. The van der Waals surface area contributed by atoms with Gasteiger partial charge in [0.25, 0.3) is 0 Å². The average molecular weight is 413 g/mol. The van der Waals surface area contributed by atoms with E-state index in [0.29, 0.717) is 31.6 Å². The Balaban J connectivity index is 1.60. The van der Waals surface area contributed by atoms with E-state index >= 15 is 0 Å². The summed E-state index contributed by atoms with van der Waals surface area (Å²) in [5, 5.41) is 9.93. The second-order valence-electron chi connectivity index (χ2n) is 5.13. The number of hydrogen-bond acceptors (Lipinski definition) is 4. The molecule has 25 heavy (non-hydrogen) atoms. The smallest absolute Gasteiger partial charge is 0.230 e. The third-order valence-corrected chi connectivity index (χ3v) is 4.95. The molecule has 2 aromatic carbocycles. The highest BCUT2D eigenvalue weighted by atomic mass is 35.5. The van der Waals surface area contributed by atoms with Crippen molar-refractivity contribution in [3.05, 3.63) is 68.6 Å².